The maximum absolute atomic E-state index is 11.4. The number of aromatic nitrogens is 1. The van der Waals surface area contributed by atoms with Gasteiger partial charge in [-0.1, -0.05) is 24.3 Å². The van der Waals surface area contributed by atoms with Gasteiger partial charge in [0.25, 0.3) is 0 Å². The van der Waals surface area contributed by atoms with Gasteiger partial charge in [0.15, 0.2) is 6.10 Å². The second kappa shape index (κ2) is 8.54. The number of carboxylic acids is 1. The summed E-state index contributed by atoms with van der Waals surface area (Å²) in [6, 6.07) is 10.3. The molecule has 4 heterocycles. The maximum Gasteiger partial charge on any atom is 0.335 e. The molecule has 5 rings (SSSR count). The molecule has 2 saturated heterocycles. The van der Waals surface area contributed by atoms with Crippen LogP contribution in [-0.4, -0.2) is 93.7 Å². The third kappa shape index (κ3) is 3.94. The number of aliphatic hydroxyl groups is 3. The number of hydrogen-bond acceptors (Lipinski definition) is 9. The van der Waals surface area contributed by atoms with E-state index in [0.717, 1.165) is 31.0 Å². The van der Waals surface area contributed by atoms with Gasteiger partial charge in [0.2, 0.25) is 6.29 Å². The van der Waals surface area contributed by atoms with Gasteiger partial charge in [-0.05, 0) is 24.2 Å². The molecule has 33 heavy (non-hydrogen) atoms. The van der Waals surface area contributed by atoms with E-state index in [0.29, 0.717) is 6.42 Å². The molecule has 10 nitrogen and oxygen atoms in total. The highest BCUT2D eigenvalue weighted by Crippen LogP contribution is 2.39. The SMILES string of the molecule is CN1CCN2c3ncc(O[C@@H]4O[C@@H](C(=O)O)[C@@H](O)[C@H](O)[C@@H]4O)cc3Cc3ccccc3[C@H]2C1. The molecule has 6 atom stereocenters. The number of benzene rings is 1. The molecular weight excluding hydrogens is 430 g/mol. The Balaban J connectivity index is 1.46. The van der Waals surface area contributed by atoms with E-state index in [1.807, 2.05) is 18.2 Å². The second-order valence-electron chi connectivity index (χ2n) is 8.85. The van der Waals surface area contributed by atoms with Crippen LogP contribution in [0.25, 0.3) is 0 Å². The number of likely N-dealkylation sites (N-methyl/N-ethyl adjacent to an activating group) is 1. The minimum absolute atomic E-state index is 0.178. The van der Waals surface area contributed by atoms with Crippen molar-refractivity contribution < 1.29 is 34.7 Å². The number of carboxylic acid groups (broad SMARTS) is 1. The monoisotopic (exact) mass is 457 g/mol. The van der Waals surface area contributed by atoms with Crippen LogP contribution in [0.3, 0.4) is 0 Å². The number of anilines is 1. The zero-order valence-electron chi connectivity index (χ0n) is 18.1. The number of nitrogens with zero attached hydrogens (tertiary/aromatic N) is 3. The van der Waals surface area contributed by atoms with Gasteiger partial charge < -0.3 is 39.7 Å². The van der Waals surface area contributed by atoms with Gasteiger partial charge in [-0.25, -0.2) is 9.78 Å². The molecule has 2 aromatic rings. The number of carbonyl (C=O) groups is 1. The minimum Gasteiger partial charge on any atom is -0.479 e. The van der Waals surface area contributed by atoms with Crippen molar-refractivity contribution in [2.24, 2.45) is 0 Å². The maximum atomic E-state index is 11.4. The molecule has 1 aromatic heterocycles. The standard InChI is InChI=1S/C23H27N3O7/c1-25-6-7-26-16(11-25)15-5-3-2-4-12(15)8-13-9-14(10-24-21(13)26)32-23-19(29)17(27)18(28)20(33-23)22(30)31/h2-5,9-10,16-20,23,27-29H,6-8,11H2,1H3,(H,30,31)/t16-,17+,18+,19+,20-,23-/m1/s1. The van der Waals surface area contributed by atoms with E-state index in [9.17, 15) is 25.2 Å². The average molecular weight is 457 g/mol. The normalized spacial score (nSPS) is 31.7. The van der Waals surface area contributed by atoms with Gasteiger partial charge in [-0.15, -0.1) is 0 Å². The molecule has 0 bridgehead atoms. The molecule has 1 aromatic carbocycles. The summed E-state index contributed by atoms with van der Waals surface area (Å²) in [6.45, 7) is 2.62. The number of aliphatic hydroxyl groups excluding tert-OH is 3. The van der Waals surface area contributed by atoms with Crippen molar-refractivity contribution in [2.45, 2.75) is 43.2 Å². The Hall–Kier alpha value is -2.76. The molecule has 3 aliphatic rings. The van der Waals surface area contributed by atoms with Crippen molar-refractivity contribution in [3.05, 3.63) is 53.2 Å². The number of rotatable bonds is 3. The number of ether oxygens (including phenoxy) is 2. The molecule has 0 amide bonds. The second-order valence-corrected chi connectivity index (χ2v) is 8.85. The Morgan fingerprint density at radius 3 is 2.70 bits per heavy atom. The van der Waals surface area contributed by atoms with Gasteiger partial charge in [0, 0.05) is 31.6 Å². The Kier molecular flexibility index (Phi) is 5.71. The topological polar surface area (TPSA) is 136 Å². The van der Waals surface area contributed by atoms with E-state index in [-0.39, 0.29) is 11.8 Å². The van der Waals surface area contributed by atoms with Gasteiger partial charge in [0.05, 0.1) is 12.2 Å². The first-order valence-electron chi connectivity index (χ1n) is 10.9. The van der Waals surface area contributed by atoms with Crippen LogP contribution in [0.5, 0.6) is 5.75 Å². The molecule has 176 valence electrons. The Morgan fingerprint density at radius 1 is 1.12 bits per heavy atom. The van der Waals surface area contributed by atoms with E-state index in [2.05, 4.69) is 34.0 Å². The Morgan fingerprint density at radius 2 is 1.91 bits per heavy atom. The molecule has 3 aliphatic heterocycles. The third-order valence-electron chi connectivity index (χ3n) is 6.63. The van der Waals surface area contributed by atoms with Crippen molar-refractivity contribution in [1.82, 2.24) is 9.88 Å². The van der Waals surface area contributed by atoms with Crippen LogP contribution in [0.1, 0.15) is 22.7 Å². The van der Waals surface area contributed by atoms with Gasteiger partial charge in [0.1, 0.15) is 29.9 Å². The zero-order valence-corrected chi connectivity index (χ0v) is 18.1. The lowest BCUT2D eigenvalue weighted by Crippen LogP contribution is -2.61. The van der Waals surface area contributed by atoms with Crippen LogP contribution < -0.4 is 9.64 Å². The fourth-order valence-electron chi connectivity index (χ4n) is 4.88. The first-order chi connectivity index (χ1) is 15.8. The molecule has 0 radical (unpaired) electrons. The summed E-state index contributed by atoms with van der Waals surface area (Å²) < 4.78 is 11.0. The zero-order chi connectivity index (χ0) is 23.3. The van der Waals surface area contributed by atoms with Gasteiger partial charge >= 0.3 is 5.97 Å². The van der Waals surface area contributed by atoms with Gasteiger partial charge in [-0.3, -0.25) is 0 Å². The van der Waals surface area contributed by atoms with E-state index in [1.54, 1.807) is 0 Å². The highest BCUT2D eigenvalue weighted by atomic mass is 16.7. The minimum atomic E-state index is -1.77. The Bertz CT molecular complexity index is 1050. The highest BCUT2D eigenvalue weighted by Gasteiger charge is 2.48. The molecule has 4 N–H and O–H groups in total. The quantitative estimate of drug-likeness (QED) is 0.489. The predicted molar refractivity (Wildman–Crippen MR) is 116 cm³/mol. The van der Waals surface area contributed by atoms with E-state index >= 15 is 0 Å². The largest absolute Gasteiger partial charge is 0.479 e. The molecule has 0 unspecified atom stereocenters. The van der Waals surface area contributed by atoms with Crippen LogP contribution >= 0.6 is 0 Å². The number of pyridine rings is 1. The lowest BCUT2D eigenvalue weighted by Gasteiger charge is -2.41. The van der Waals surface area contributed by atoms with E-state index in [1.165, 1.54) is 17.3 Å². The van der Waals surface area contributed by atoms with E-state index in [4.69, 9.17) is 9.47 Å². The number of aliphatic carboxylic acids is 1. The molecule has 0 saturated carbocycles. The summed E-state index contributed by atoms with van der Waals surface area (Å²) in [5, 5.41) is 39.5. The molecular formula is C23H27N3O7. The Labute approximate surface area is 190 Å². The summed E-state index contributed by atoms with van der Waals surface area (Å²) in [5.41, 5.74) is 3.39. The summed E-state index contributed by atoms with van der Waals surface area (Å²) in [7, 11) is 2.11. The summed E-state index contributed by atoms with van der Waals surface area (Å²) in [5.74, 6) is -0.323. The smallest absolute Gasteiger partial charge is 0.335 e. The summed E-state index contributed by atoms with van der Waals surface area (Å²) in [4.78, 5) is 20.6. The van der Waals surface area contributed by atoms with Crippen molar-refractivity contribution >= 4 is 11.8 Å². The lowest BCUT2D eigenvalue weighted by atomic mass is 9.96. The van der Waals surface area contributed by atoms with Crippen molar-refractivity contribution in [1.29, 1.82) is 0 Å². The fraction of sp³-hybridized carbons (Fsp3) is 0.478. The fourth-order valence-corrected chi connectivity index (χ4v) is 4.88. The number of fused-ring (bicyclic) bond motifs is 5. The van der Waals surface area contributed by atoms with Crippen molar-refractivity contribution in [2.75, 3.05) is 31.6 Å². The lowest BCUT2D eigenvalue weighted by molar-refractivity contribution is -0.271. The number of piperazine rings is 1. The average Bonchev–Trinajstić information content (AvgIpc) is 2.93. The van der Waals surface area contributed by atoms with Crippen LogP contribution in [0.15, 0.2) is 36.5 Å². The first kappa shape index (κ1) is 22.1. The van der Waals surface area contributed by atoms with Gasteiger partial charge in [-0.2, -0.15) is 0 Å². The molecule has 0 aliphatic carbocycles. The first-order valence-corrected chi connectivity index (χ1v) is 10.9. The van der Waals surface area contributed by atoms with E-state index < -0.39 is 36.7 Å². The molecule has 10 heteroatoms. The van der Waals surface area contributed by atoms with Crippen LogP contribution in [0, 0.1) is 0 Å². The highest BCUT2D eigenvalue weighted by molar-refractivity contribution is 5.73. The summed E-state index contributed by atoms with van der Waals surface area (Å²) >= 11 is 0. The number of hydrogen-bond donors (Lipinski definition) is 4. The van der Waals surface area contributed by atoms with Crippen LogP contribution in [0.2, 0.25) is 0 Å². The predicted octanol–water partition coefficient (Wildman–Crippen LogP) is -0.250. The summed E-state index contributed by atoms with van der Waals surface area (Å²) in [6.07, 6.45) is -6.17. The molecule has 0 spiro atoms. The van der Waals surface area contributed by atoms with Crippen LogP contribution in [0.4, 0.5) is 5.82 Å². The van der Waals surface area contributed by atoms with Crippen LogP contribution in [-0.2, 0) is 16.0 Å². The third-order valence-corrected chi connectivity index (χ3v) is 6.63. The van der Waals surface area contributed by atoms with Crippen molar-refractivity contribution in [3.8, 4) is 5.75 Å². The molecule has 2 fully saturated rings. The van der Waals surface area contributed by atoms with Crippen molar-refractivity contribution in [3.63, 3.8) is 0 Å².